The Bertz CT molecular complexity index is 3570. The Morgan fingerprint density at radius 2 is 0.598 bits per heavy atom. The van der Waals surface area contributed by atoms with Crippen molar-refractivity contribution < 1.29 is 36.4 Å². The van der Waals surface area contributed by atoms with E-state index in [4.69, 9.17) is 0 Å². The van der Waals surface area contributed by atoms with Crippen LogP contribution in [0.5, 0.6) is 0 Å². The molecule has 3 aliphatic heterocycles. The zero-order valence-corrected chi connectivity index (χ0v) is 64.3. The maximum Gasteiger partial charge on any atom is 0.243 e. The Labute approximate surface area is 617 Å². The minimum absolute atomic E-state index is 0.240. The second kappa shape index (κ2) is 41.2. The summed E-state index contributed by atoms with van der Waals surface area (Å²) in [5.41, 5.74) is 11.8. The van der Waals surface area contributed by atoms with Gasteiger partial charge >= 0.3 is 0 Å². The Morgan fingerprint density at radius 1 is 0.294 bits per heavy atom. The standard InChI is InChI=1S/C28H42N2.C26H26N2.C20H30N2.C18H32N4/c1-27(2,3)25-11-7-23(8-12-25)21-29-15-18-30(19-16-29,20-17-29)22-24-9-13-26(14-10-24)28(4,5)6;1-3-7-25(8-4-1)21-27-17-13-23(14-18-27)11-12-24-15-19-28(20-16-24)22-26-9-5-2-6-10-26;1(3-5-9-15-21-17-11-7-12-18-21)2-4-6-10-16-22-19-13-8-14-20-22;1-19-13-15-21(17-19)11-9-7-5-3-4-6-8-10-12-22-16-14-20(2)18-22/h7-14H,15-22H2,1-6H3;1-10,13-20H,11-12,21-22H2;7-8,11-14,17-20H,1-6,9-10,15-16H2;13-18H,3-12H2,1-2H3/q4*+2. The molecule has 102 heavy (non-hydrogen) atoms. The van der Waals surface area contributed by atoms with Gasteiger partial charge in [-0.15, -0.1) is 0 Å². The number of rotatable bonds is 33. The van der Waals surface area contributed by atoms with Crippen molar-refractivity contribution in [1.82, 2.24) is 9.13 Å². The molecule has 13 rings (SSSR count). The quantitative estimate of drug-likeness (QED) is 0.0223. The first-order valence-electron chi connectivity index (χ1n) is 39.4. The van der Waals surface area contributed by atoms with Crippen LogP contribution in [0.2, 0.25) is 0 Å². The molecule has 0 atom stereocenters. The topological polar surface area (TPSA) is 33.1 Å². The largest absolute Gasteiger partial charge is 0.306 e. The van der Waals surface area contributed by atoms with Crippen molar-refractivity contribution in [3.8, 4) is 0 Å². The van der Waals surface area contributed by atoms with Crippen molar-refractivity contribution in [2.75, 3.05) is 39.3 Å². The van der Waals surface area contributed by atoms with Gasteiger partial charge in [0.2, 0.25) is 12.7 Å². The predicted octanol–water partition coefficient (Wildman–Crippen LogP) is 16.6. The highest BCUT2D eigenvalue weighted by molar-refractivity contribution is 5.28. The molecule has 9 heterocycles. The minimum Gasteiger partial charge on any atom is -0.306 e. The number of nitrogens with zero attached hydrogens (tertiary/aromatic N) is 10. The second-order valence-electron chi connectivity index (χ2n) is 32.0. The van der Waals surface area contributed by atoms with Gasteiger partial charge in [-0.2, -0.15) is 0 Å². The molecule has 0 aliphatic carbocycles. The maximum absolute atomic E-state index is 2.38. The third-order valence-electron chi connectivity index (χ3n) is 21.2. The van der Waals surface area contributed by atoms with Gasteiger partial charge in [0, 0.05) is 83.6 Å². The van der Waals surface area contributed by atoms with Crippen molar-refractivity contribution in [3.63, 3.8) is 0 Å². The molecule has 3 aliphatic rings. The first-order chi connectivity index (χ1) is 49.5. The number of pyridine rings is 4. The minimum atomic E-state index is 0.240. The van der Waals surface area contributed by atoms with E-state index in [9.17, 15) is 0 Å². The van der Waals surface area contributed by atoms with Crippen molar-refractivity contribution in [3.05, 3.63) is 301 Å². The zero-order chi connectivity index (χ0) is 71.6. The molecular formula is C92H130N10+8. The molecule has 2 bridgehead atoms. The van der Waals surface area contributed by atoms with Crippen LogP contribution in [0.15, 0.2) is 257 Å². The lowest BCUT2D eigenvalue weighted by Crippen LogP contribution is -2.74. The van der Waals surface area contributed by atoms with Gasteiger partial charge in [0.1, 0.15) is 90.2 Å². The number of imidazole rings is 2. The first-order valence-corrected chi connectivity index (χ1v) is 39.4. The Balaban J connectivity index is 0.000000160. The number of piperazine rings is 3. The van der Waals surface area contributed by atoms with Gasteiger partial charge in [0.25, 0.3) is 0 Å². The van der Waals surface area contributed by atoms with Crippen LogP contribution in [0.25, 0.3) is 0 Å². The molecule has 10 heteroatoms. The van der Waals surface area contributed by atoms with E-state index < -0.39 is 0 Å². The van der Waals surface area contributed by atoms with Crippen LogP contribution in [0.3, 0.4) is 0 Å². The molecule has 10 nitrogen and oxygen atoms in total. The number of fused-ring (bicyclic) bond motifs is 3. The summed E-state index contributed by atoms with van der Waals surface area (Å²) in [6, 6.07) is 61.6. The van der Waals surface area contributed by atoms with Gasteiger partial charge in [0.05, 0.1) is 27.2 Å². The summed E-state index contributed by atoms with van der Waals surface area (Å²) < 4.78 is 20.4. The molecule has 10 aromatic rings. The van der Waals surface area contributed by atoms with Gasteiger partial charge in [-0.25, -0.2) is 36.5 Å². The van der Waals surface area contributed by atoms with Crippen molar-refractivity contribution in [2.45, 2.75) is 220 Å². The van der Waals surface area contributed by atoms with Crippen LogP contribution < -0.4 is 27.4 Å². The van der Waals surface area contributed by atoms with Crippen LogP contribution in [0.4, 0.5) is 0 Å². The SMILES string of the molecule is CC(C)(C)c1ccc(C[N+]23CC[N+](Cc4ccc(C(C)(C)C)cc4)(CC2)CC3)cc1.C[n+]1ccn(CCCCCCCCCCn2cc[n+](C)c2)c1.c1cc[n+](CCCCCCCCCC[n+]2ccccc2)cc1.c1ccc(C[n+]2ccc(CCc3cc[n+](Cc4ccccc4)cc3)cc2)cc1. The number of benzene rings is 4. The molecule has 0 saturated carbocycles. The second-order valence-corrected chi connectivity index (χ2v) is 32.0. The lowest BCUT2D eigenvalue weighted by Gasteiger charge is -2.55. The summed E-state index contributed by atoms with van der Waals surface area (Å²) in [4.78, 5) is 0. The number of aryl methyl sites for hydroxylation is 8. The third kappa shape index (κ3) is 28.2. The summed E-state index contributed by atoms with van der Waals surface area (Å²) in [7, 11) is 4.15. The molecule has 4 aromatic carbocycles. The number of quaternary nitrogens is 2. The fourth-order valence-corrected chi connectivity index (χ4v) is 14.5. The van der Waals surface area contributed by atoms with Crippen molar-refractivity contribution in [2.24, 2.45) is 14.1 Å². The molecule has 0 spiro atoms. The third-order valence-corrected chi connectivity index (χ3v) is 21.2. The molecule has 0 N–H and O–H groups in total. The summed E-state index contributed by atoms with van der Waals surface area (Å²) in [5.74, 6) is 0. The molecule has 0 amide bonds. The lowest BCUT2D eigenvalue weighted by molar-refractivity contribution is -1.09. The molecule has 540 valence electrons. The highest BCUT2D eigenvalue weighted by Crippen LogP contribution is 2.33. The van der Waals surface area contributed by atoms with E-state index in [1.165, 1.54) is 209 Å². The monoisotopic (exact) mass is 1380 g/mol. The van der Waals surface area contributed by atoms with Crippen LogP contribution in [0.1, 0.15) is 189 Å². The van der Waals surface area contributed by atoms with Crippen LogP contribution in [-0.2, 0) is 90.1 Å². The van der Waals surface area contributed by atoms with Crippen molar-refractivity contribution >= 4 is 0 Å². The van der Waals surface area contributed by atoms with Crippen molar-refractivity contribution in [1.29, 1.82) is 0 Å². The van der Waals surface area contributed by atoms with E-state index in [1.807, 2.05) is 0 Å². The van der Waals surface area contributed by atoms with E-state index in [2.05, 4.69) is 349 Å². The smallest absolute Gasteiger partial charge is 0.243 e. The number of hydrogen-bond donors (Lipinski definition) is 0. The van der Waals surface area contributed by atoms with Gasteiger partial charge in [-0.1, -0.05) is 214 Å². The normalized spacial score (nSPS) is 15.5. The predicted molar refractivity (Wildman–Crippen MR) is 418 cm³/mol. The van der Waals surface area contributed by atoms with E-state index in [0.29, 0.717) is 0 Å². The fraction of sp³-hybridized carbons (Fsp3) is 0.457. The Hall–Kier alpha value is -8.18. The molecule has 0 unspecified atom stereocenters. The van der Waals surface area contributed by atoms with Crippen LogP contribution in [0, 0.1) is 0 Å². The lowest BCUT2D eigenvalue weighted by atomic mass is 9.86. The Kier molecular flexibility index (Phi) is 31.5. The van der Waals surface area contributed by atoms with E-state index in [0.717, 1.165) is 52.1 Å². The number of aromatic nitrogens is 8. The van der Waals surface area contributed by atoms with Gasteiger partial charge in [-0.05, 0) is 84.5 Å². The average Bonchev–Trinajstić information content (AvgIpc) is 0.915. The summed E-state index contributed by atoms with van der Waals surface area (Å²) in [6.45, 7) is 30.7. The Morgan fingerprint density at radius 3 is 0.902 bits per heavy atom. The zero-order valence-electron chi connectivity index (χ0n) is 64.3. The highest BCUT2D eigenvalue weighted by Gasteiger charge is 2.49. The highest BCUT2D eigenvalue weighted by atomic mass is 15.5. The van der Waals surface area contributed by atoms with Crippen LogP contribution >= 0.6 is 0 Å². The molecule has 0 radical (unpaired) electrons. The summed E-state index contributed by atoms with van der Waals surface area (Å²) in [5, 5.41) is 0. The number of unbranched alkanes of at least 4 members (excludes halogenated alkanes) is 14. The molecule has 3 saturated heterocycles. The van der Waals surface area contributed by atoms with Gasteiger partial charge < -0.3 is 8.97 Å². The van der Waals surface area contributed by atoms with Gasteiger partial charge in [-0.3, -0.25) is 0 Å². The molecule has 3 fully saturated rings. The molecular weight excluding hydrogens is 1250 g/mol. The summed E-state index contributed by atoms with van der Waals surface area (Å²) >= 11 is 0. The first kappa shape index (κ1) is 78.0. The average molecular weight is 1380 g/mol. The van der Waals surface area contributed by atoms with E-state index >= 15 is 0 Å². The number of hydrogen-bond acceptors (Lipinski definition) is 0. The maximum atomic E-state index is 2.38. The van der Waals surface area contributed by atoms with E-state index in [-0.39, 0.29) is 10.8 Å². The summed E-state index contributed by atoms with van der Waals surface area (Å²) in [6.07, 6.45) is 54.2. The molecule has 6 aromatic heterocycles. The van der Waals surface area contributed by atoms with E-state index in [1.54, 1.807) is 0 Å². The van der Waals surface area contributed by atoms with Crippen LogP contribution in [-0.4, -0.2) is 57.4 Å². The van der Waals surface area contributed by atoms with Gasteiger partial charge in [0.15, 0.2) is 62.7 Å². The fourth-order valence-electron chi connectivity index (χ4n) is 14.5.